The van der Waals surface area contributed by atoms with Gasteiger partial charge in [0, 0.05) is 29.7 Å². The molecule has 0 bridgehead atoms. The van der Waals surface area contributed by atoms with Crippen molar-refractivity contribution < 1.29 is 14.3 Å². The number of aromatic nitrogens is 2. The lowest BCUT2D eigenvalue weighted by atomic mass is 10.1. The maximum absolute atomic E-state index is 11.1. The summed E-state index contributed by atoms with van der Waals surface area (Å²) in [4.78, 5) is 15.1. The number of rotatable bonds is 2. The fraction of sp³-hybridized carbons (Fsp3) is 0.0769. The number of benzene rings is 1. The topological polar surface area (TPSA) is 68.3 Å². The quantitative estimate of drug-likeness (QED) is 0.749. The second-order valence-corrected chi connectivity index (χ2v) is 4.01. The van der Waals surface area contributed by atoms with Crippen LogP contribution >= 0.6 is 0 Å². The Labute approximate surface area is 102 Å². The number of carboxylic acids is 1. The number of aromatic carboxylic acids is 1. The van der Waals surface area contributed by atoms with E-state index in [9.17, 15) is 4.79 Å². The zero-order valence-electron chi connectivity index (χ0n) is 9.62. The van der Waals surface area contributed by atoms with Crippen molar-refractivity contribution in [2.24, 2.45) is 7.05 Å². The average Bonchev–Trinajstić information content (AvgIpc) is 2.95. The predicted octanol–water partition coefficient (Wildman–Crippen LogP) is 2.53. The largest absolute Gasteiger partial charge is 0.475 e. The van der Waals surface area contributed by atoms with Gasteiger partial charge in [-0.15, -0.1) is 0 Å². The molecule has 90 valence electrons. The Morgan fingerprint density at radius 2 is 2.17 bits per heavy atom. The number of hydrogen-bond acceptors (Lipinski definition) is 3. The molecular formula is C13H10N2O3. The van der Waals surface area contributed by atoms with E-state index in [-0.39, 0.29) is 5.76 Å². The maximum Gasteiger partial charge on any atom is 0.374 e. The number of oxazole rings is 1. The third-order valence-electron chi connectivity index (χ3n) is 2.91. The van der Waals surface area contributed by atoms with E-state index in [0.29, 0.717) is 5.69 Å². The fourth-order valence-corrected chi connectivity index (χ4v) is 2.12. The highest BCUT2D eigenvalue weighted by molar-refractivity contribution is 6.00. The van der Waals surface area contributed by atoms with Gasteiger partial charge < -0.3 is 14.1 Å². The summed E-state index contributed by atoms with van der Waals surface area (Å²) in [6, 6.07) is 7.75. The third kappa shape index (κ3) is 1.41. The molecule has 0 amide bonds. The second-order valence-electron chi connectivity index (χ2n) is 4.01. The Kier molecular flexibility index (Phi) is 2.19. The van der Waals surface area contributed by atoms with Gasteiger partial charge in [-0.05, 0) is 6.07 Å². The molecule has 1 aromatic carbocycles. The van der Waals surface area contributed by atoms with Crippen LogP contribution in [0.5, 0.6) is 0 Å². The Morgan fingerprint density at radius 3 is 2.94 bits per heavy atom. The molecule has 0 saturated carbocycles. The van der Waals surface area contributed by atoms with Crippen LogP contribution in [0.3, 0.4) is 0 Å². The van der Waals surface area contributed by atoms with Crippen molar-refractivity contribution in [1.82, 2.24) is 9.55 Å². The smallest absolute Gasteiger partial charge is 0.374 e. The number of nitrogens with zero attached hydrogens (tertiary/aromatic N) is 2. The first-order valence-electron chi connectivity index (χ1n) is 5.39. The van der Waals surface area contributed by atoms with Crippen molar-refractivity contribution in [3.05, 3.63) is 42.6 Å². The molecule has 0 saturated heterocycles. The van der Waals surface area contributed by atoms with Gasteiger partial charge in [-0.2, -0.15) is 0 Å². The second kappa shape index (κ2) is 3.73. The molecule has 0 spiro atoms. The van der Waals surface area contributed by atoms with Gasteiger partial charge in [0.2, 0.25) is 5.76 Å². The zero-order chi connectivity index (χ0) is 12.7. The van der Waals surface area contributed by atoms with E-state index in [1.165, 1.54) is 0 Å². The van der Waals surface area contributed by atoms with E-state index in [1.807, 2.05) is 42.1 Å². The van der Waals surface area contributed by atoms with Crippen LogP contribution in [0.4, 0.5) is 0 Å². The van der Waals surface area contributed by atoms with Crippen LogP contribution < -0.4 is 0 Å². The molecule has 0 fully saturated rings. The fourth-order valence-electron chi connectivity index (χ4n) is 2.12. The van der Waals surface area contributed by atoms with Crippen molar-refractivity contribution in [2.75, 3.05) is 0 Å². The van der Waals surface area contributed by atoms with Crippen LogP contribution in [0.15, 0.2) is 41.3 Å². The molecule has 2 aromatic heterocycles. The molecule has 3 aromatic rings. The van der Waals surface area contributed by atoms with Crippen LogP contribution in [-0.4, -0.2) is 20.6 Å². The first kappa shape index (κ1) is 10.6. The van der Waals surface area contributed by atoms with Gasteiger partial charge in [-0.1, -0.05) is 18.2 Å². The zero-order valence-corrected chi connectivity index (χ0v) is 9.62. The highest BCUT2D eigenvalue weighted by atomic mass is 16.4. The highest BCUT2D eigenvalue weighted by Crippen LogP contribution is 2.31. The van der Waals surface area contributed by atoms with Gasteiger partial charge in [-0.25, -0.2) is 9.78 Å². The Morgan fingerprint density at radius 1 is 1.39 bits per heavy atom. The summed E-state index contributed by atoms with van der Waals surface area (Å²) in [6.45, 7) is 0. The summed E-state index contributed by atoms with van der Waals surface area (Å²) in [7, 11) is 1.91. The first-order valence-corrected chi connectivity index (χ1v) is 5.39. The molecule has 18 heavy (non-hydrogen) atoms. The molecule has 1 N–H and O–H groups in total. The van der Waals surface area contributed by atoms with E-state index in [4.69, 9.17) is 9.52 Å². The molecule has 0 aliphatic carbocycles. The number of para-hydroxylation sites is 1. The molecular weight excluding hydrogens is 232 g/mol. The Bertz CT molecular complexity index is 740. The summed E-state index contributed by atoms with van der Waals surface area (Å²) in [5.41, 5.74) is 2.14. The number of aryl methyl sites for hydroxylation is 1. The predicted molar refractivity (Wildman–Crippen MR) is 65.4 cm³/mol. The van der Waals surface area contributed by atoms with Gasteiger partial charge in [0.05, 0.1) is 0 Å². The molecule has 0 aliphatic rings. The first-order chi connectivity index (χ1) is 8.68. The number of carbonyl (C=O) groups is 1. The third-order valence-corrected chi connectivity index (χ3v) is 2.91. The van der Waals surface area contributed by atoms with E-state index < -0.39 is 5.97 Å². The average molecular weight is 242 g/mol. The van der Waals surface area contributed by atoms with Gasteiger partial charge in [0.1, 0.15) is 5.69 Å². The lowest BCUT2D eigenvalue weighted by Crippen LogP contribution is -1.96. The molecule has 5 heteroatoms. The van der Waals surface area contributed by atoms with E-state index in [2.05, 4.69) is 4.98 Å². The molecule has 2 heterocycles. The SMILES string of the molecule is Cn1cc(-c2ncoc2C(=O)O)c2ccccc21. The van der Waals surface area contributed by atoms with Crippen molar-refractivity contribution in [1.29, 1.82) is 0 Å². The highest BCUT2D eigenvalue weighted by Gasteiger charge is 2.20. The lowest BCUT2D eigenvalue weighted by molar-refractivity contribution is 0.0663. The van der Waals surface area contributed by atoms with Crippen molar-refractivity contribution in [2.45, 2.75) is 0 Å². The molecule has 0 aliphatic heterocycles. The van der Waals surface area contributed by atoms with Gasteiger partial charge in [0.15, 0.2) is 6.39 Å². The monoisotopic (exact) mass is 242 g/mol. The van der Waals surface area contributed by atoms with Crippen LogP contribution in [0.2, 0.25) is 0 Å². The Hall–Kier alpha value is -2.56. The number of carboxylic acid groups (broad SMARTS) is 1. The molecule has 0 atom stereocenters. The number of fused-ring (bicyclic) bond motifs is 1. The molecule has 5 nitrogen and oxygen atoms in total. The van der Waals surface area contributed by atoms with Crippen molar-refractivity contribution >= 4 is 16.9 Å². The van der Waals surface area contributed by atoms with Crippen LogP contribution in [0.1, 0.15) is 10.6 Å². The van der Waals surface area contributed by atoms with Crippen LogP contribution in [-0.2, 0) is 7.05 Å². The van der Waals surface area contributed by atoms with Gasteiger partial charge in [0.25, 0.3) is 0 Å². The van der Waals surface area contributed by atoms with Crippen molar-refractivity contribution in [3.8, 4) is 11.3 Å². The van der Waals surface area contributed by atoms with Gasteiger partial charge >= 0.3 is 5.97 Å². The van der Waals surface area contributed by atoms with Crippen LogP contribution in [0.25, 0.3) is 22.2 Å². The normalized spacial score (nSPS) is 10.9. The molecule has 3 rings (SSSR count). The number of hydrogen-bond donors (Lipinski definition) is 1. The maximum atomic E-state index is 11.1. The van der Waals surface area contributed by atoms with E-state index in [0.717, 1.165) is 22.9 Å². The summed E-state index contributed by atoms with van der Waals surface area (Å²) in [5.74, 6) is -1.25. The summed E-state index contributed by atoms with van der Waals surface area (Å²) < 4.78 is 6.85. The standard InChI is InChI=1S/C13H10N2O3/c1-15-6-9(8-4-2-3-5-10(8)15)11-12(13(16)17)18-7-14-11/h2-7H,1H3,(H,16,17). The van der Waals surface area contributed by atoms with Crippen molar-refractivity contribution in [3.63, 3.8) is 0 Å². The summed E-state index contributed by atoms with van der Waals surface area (Å²) in [6.07, 6.45) is 3.01. The summed E-state index contributed by atoms with van der Waals surface area (Å²) >= 11 is 0. The molecule has 0 radical (unpaired) electrons. The van der Waals surface area contributed by atoms with Crippen LogP contribution in [0, 0.1) is 0 Å². The van der Waals surface area contributed by atoms with Gasteiger partial charge in [-0.3, -0.25) is 0 Å². The minimum absolute atomic E-state index is 0.133. The van der Waals surface area contributed by atoms with E-state index in [1.54, 1.807) is 0 Å². The lowest BCUT2D eigenvalue weighted by Gasteiger charge is -1.95. The molecule has 0 unspecified atom stereocenters. The summed E-state index contributed by atoms with van der Waals surface area (Å²) in [5, 5.41) is 10.0. The minimum atomic E-state index is -1.12. The minimum Gasteiger partial charge on any atom is -0.475 e. The van der Waals surface area contributed by atoms with E-state index >= 15 is 0 Å². The Balaban J connectivity index is 2.32.